The Balaban J connectivity index is 1.55. The molecule has 1 aromatic carbocycles. The van der Waals surface area contributed by atoms with E-state index in [1.54, 1.807) is 10.8 Å². The molecule has 2 N–H and O–H groups in total. The molecule has 5 rings (SSSR count). The van der Waals surface area contributed by atoms with Crippen molar-refractivity contribution in [2.24, 2.45) is 0 Å². The van der Waals surface area contributed by atoms with E-state index in [0.717, 1.165) is 58.6 Å². The van der Waals surface area contributed by atoms with Crippen molar-refractivity contribution in [3.63, 3.8) is 0 Å². The highest BCUT2D eigenvalue weighted by atomic mass is 16.3. The molecule has 4 aromatic heterocycles. The van der Waals surface area contributed by atoms with Crippen LogP contribution >= 0.6 is 0 Å². The molecule has 0 radical (unpaired) electrons. The highest BCUT2D eigenvalue weighted by molar-refractivity contribution is 5.70. The van der Waals surface area contributed by atoms with Gasteiger partial charge in [0.15, 0.2) is 5.82 Å². The molecule has 0 spiro atoms. The largest absolute Gasteiger partial charge is 0.392 e. The Kier molecular flexibility index (Phi) is 7.09. The van der Waals surface area contributed by atoms with Crippen LogP contribution < -0.4 is 5.69 Å². The van der Waals surface area contributed by atoms with Crippen LogP contribution in [0.25, 0.3) is 28.3 Å². The number of hydrogen-bond acceptors (Lipinski definition) is 6. The smallest absolute Gasteiger partial charge is 0.334 e. The molecule has 0 bridgehead atoms. The second kappa shape index (κ2) is 10.8. The molecule has 0 aliphatic heterocycles. The van der Waals surface area contributed by atoms with Gasteiger partial charge in [-0.25, -0.2) is 9.89 Å². The number of aryl methyl sites for hydroxylation is 2. The van der Waals surface area contributed by atoms with Crippen LogP contribution in [0.15, 0.2) is 66.0 Å². The fraction of sp³-hybridized carbons (Fsp3) is 0.296. The summed E-state index contributed by atoms with van der Waals surface area (Å²) in [4.78, 5) is 18.2. The molecule has 0 unspecified atom stereocenters. The molecular weight excluding hydrogens is 468 g/mol. The number of nitrogens with one attached hydrogen (secondary N) is 1. The maximum absolute atomic E-state index is 13.8. The van der Waals surface area contributed by atoms with Crippen molar-refractivity contribution < 1.29 is 5.11 Å². The standard InChI is InChI=1S/C27H30N8O2/c1-3-5-6-23-17-35(26-21(18-36)12-14-33(26)4-2)27(37)34(23)16-22-15-28-13-11-24(22)19-7-9-20(10-8-19)25-29-31-32-30-25/h7-15,17,36H,3-6,16,18H2,1-2H3,(H,29,30,31,32). The quantitative estimate of drug-likeness (QED) is 0.304. The lowest BCUT2D eigenvalue weighted by atomic mass is 10.00. The van der Waals surface area contributed by atoms with Crippen LogP contribution in [-0.4, -0.2) is 44.4 Å². The van der Waals surface area contributed by atoms with Crippen LogP contribution in [0, 0.1) is 0 Å². The highest BCUT2D eigenvalue weighted by Crippen LogP contribution is 2.26. The van der Waals surface area contributed by atoms with Crippen LogP contribution in [0.4, 0.5) is 0 Å². The van der Waals surface area contributed by atoms with E-state index in [9.17, 15) is 9.90 Å². The minimum Gasteiger partial charge on any atom is -0.392 e. The number of aliphatic hydroxyl groups is 1. The Bertz CT molecular complexity index is 1510. The molecule has 0 saturated heterocycles. The van der Waals surface area contributed by atoms with Crippen molar-refractivity contribution in [3.05, 3.63) is 88.5 Å². The molecule has 0 aliphatic carbocycles. The lowest BCUT2D eigenvalue weighted by molar-refractivity contribution is 0.281. The number of aromatic nitrogens is 8. The molecule has 10 nitrogen and oxygen atoms in total. The maximum atomic E-state index is 13.8. The van der Waals surface area contributed by atoms with Gasteiger partial charge in [-0.05, 0) is 59.0 Å². The van der Waals surface area contributed by atoms with Crippen LogP contribution in [0.3, 0.4) is 0 Å². The third-order valence-electron chi connectivity index (χ3n) is 6.65. The molecule has 0 saturated carbocycles. The molecule has 0 fully saturated rings. The SMILES string of the molecule is CCCCc1cn(-c2c(CO)ccn2CC)c(=O)n1Cc1cnccc1-c1ccc(-c2nnn[nH]2)cc1. The van der Waals surface area contributed by atoms with E-state index < -0.39 is 0 Å². The van der Waals surface area contributed by atoms with E-state index in [0.29, 0.717) is 18.9 Å². The van der Waals surface area contributed by atoms with Crippen LogP contribution in [0.5, 0.6) is 0 Å². The molecule has 190 valence electrons. The molecule has 4 heterocycles. The number of H-pyrrole nitrogens is 1. The summed E-state index contributed by atoms with van der Waals surface area (Å²) in [6.07, 6.45) is 10.2. The van der Waals surface area contributed by atoms with Gasteiger partial charge in [-0.3, -0.25) is 14.1 Å². The second-order valence-electron chi connectivity index (χ2n) is 8.93. The van der Waals surface area contributed by atoms with Crippen molar-refractivity contribution in [1.82, 2.24) is 39.3 Å². The predicted molar refractivity (Wildman–Crippen MR) is 140 cm³/mol. The second-order valence-corrected chi connectivity index (χ2v) is 8.93. The third-order valence-corrected chi connectivity index (χ3v) is 6.65. The average molecular weight is 499 g/mol. The van der Waals surface area contributed by atoms with E-state index in [1.165, 1.54) is 0 Å². The average Bonchev–Trinajstić information content (AvgIpc) is 3.68. The monoisotopic (exact) mass is 498 g/mol. The van der Waals surface area contributed by atoms with Gasteiger partial charge < -0.3 is 9.67 Å². The predicted octanol–water partition coefficient (Wildman–Crippen LogP) is 3.59. The Morgan fingerprint density at radius 3 is 2.54 bits per heavy atom. The first-order chi connectivity index (χ1) is 18.1. The first kappa shape index (κ1) is 24.4. The van der Waals surface area contributed by atoms with Gasteiger partial charge in [-0.2, -0.15) is 0 Å². The Morgan fingerprint density at radius 2 is 1.84 bits per heavy atom. The zero-order chi connectivity index (χ0) is 25.8. The molecule has 0 amide bonds. The summed E-state index contributed by atoms with van der Waals surface area (Å²) >= 11 is 0. The Morgan fingerprint density at radius 1 is 1.03 bits per heavy atom. The van der Waals surface area contributed by atoms with E-state index in [1.807, 2.05) is 71.0 Å². The number of aromatic amines is 1. The van der Waals surface area contributed by atoms with Gasteiger partial charge in [-0.15, -0.1) is 5.10 Å². The van der Waals surface area contributed by atoms with Gasteiger partial charge in [0.25, 0.3) is 0 Å². The van der Waals surface area contributed by atoms with Crippen molar-refractivity contribution in [2.75, 3.05) is 0 Å². The fourth-order valence-electron chi connectivity index (χ4n) is 4.68. The number of pyridine rings is 1. The van der Waals surface area contributed by atoms with E-state index in [2.05, 4.69) is 32.5 Å². The van der Waals surface area contributed by atoms with Gasteiger partial charge in [0.1, 0.15) is 5.82 Å². The van der Waals surface area contributed by atoms with Gasteiger partial charge in [0.2, 0.25) is 0 Å². The van der Waals surface area contributed by atoms with Gasteiger partial charge in [-0.1, -0.05) is 37.6 Å². The van der Waals surface area contributed by atoms with Crippen molar-refractivity contribution in [2.45, 2.75) is 52.8 Å². The Hall–Kier alpha value is -4.31. The minimum absolute atomic E-state index is 0.128. The molecule has 10 heteroatoms. The van der Waals surface area contributed by atoms with E-state index >= 15 is 0 Å². The third kappa shape index (κ3) is 4.75. The van der Waals surface area contributed by atoms with Crippen LogP contribution in [0.2, 0.25) is 0 Å². The maximum Gasteiger partial charge on any atom is 0.334 e. The summed E-state index contributed by atoms with van der Waals surface area (Å²) in [5, 5.41) is 23.9. The number of unbranched alkanes of at least 4 members (excludes halogenated alkanes) is 1. The molecule has 37 heavy (non-hydrogen) atoms. The fourth-order valence-corrected chi connectivity index (χ4v) is 4.68. The molecular formula is C27H30N8O2. The normalized spacial score (nSPS) is 11.3. The number of imidazole rings is 1. The summed E-state index contributed by atoms with van der Waals surface area (Å²) in [7, 11) is 0. The van der Waals surface area contributed by atoms with Gasteiger partial charge in [0, 0.05) is 48.2 Å². The zero-order valence-electron chi connectivity index (χ0n) is 21.0. The summed E-state index contributed by atoms with van der Waals surface area (Å²) < 4.78 is 5.50. The summed E-state index contributed by atoms with van der Waals surface area (Å²) in [5.41, 5.74) is 5.41. The minimum atomic E-state index is -0.128. The summed E-state index contributed by atoms with van der Waals surface area (Å²) in [5.74, 6) is 1.32. The van der Waals surface area contributed by atoms with Crippen LogP contribution in [0.1, 0.15) is 43.5 Å². The molecule has 5 aromatic rings. The van der Waals surface area contributed by atoms with Crippen LogP contribution in [-0.2, 0) is 26.1 Å². The number of nitrogens with zero attached hydrogens (tertiary/aromatic N) is 7. The van der Waals surface area contributed by atoms with E-state index in [4.69, 9.17) is 0 Å². The highest BCUT2D eigenvalue weighted by Gasteiger charge is 2.19. The van der Waals surface area contributed by atoms with Crippen molar-refractivity contribution in [3.8, 4) is 28.3 Å². The summed E-state index contributed by atoms with van der Waals surface area (Å²) in [6, 6.07) is 11.8. The first-order valence-corrected chi connectivity index (χ1v) is 12.5. The zero-order valence-corrected chi connectivity index (χ0v) is 21.0. The molecule has 0 aliphatic rings. The Labute approximate surface area is 214 Å². The van der Waals surface area contributed by atoms with Gasteiger partial charge >= 0.3 is 5.69 Å². The number of tetrazole rings is 1. The number of hydrogen-bond donors (Lipinski definition) is 2. The number of aliphatic hydroxyl groups excluding tert-OH is 1. The topological polar surface area (TPSA) is 119 Å². The lowest BCUT2D eigenvalue weighted by Crippen LogP contribution is -2.26. The summed E-state index contributed by atoms with van der Waals surface area (Å²) in [6.45, 7) is 5.13. The van der Waals surface area contributed by atoms with Gasteiger partial charge in [0.05, 0.1) is 13.2 Å². The number of rotatable bonds is 10. The van der Waals surface area contributed by atoms with Crippen molar-refractivity contribution in [1.29, 1.82) is 0 Å². The number of benzene rings is 1. The molecule has 0 atom stereocenters. The first-order valence-electron chi connectivity index (χ1n) is 12.5. The van der Waals surface area contributed by atoms with Crippen molar-refractivity contribution >= 4 is 0 Å². The van der Waals surface area contributed by atoms with E-state index in [-0.39, 0.29) is 12.3 Å². The lowest BCUT2D eigenvalue weighted by Gasteiger charge is -2.12.